The van der Waals surface area contributed by atoms with Crippen LogP contribution in [0.2, 0.25) is 0 Å². The van der Waals surface area contributed by atoms with Gasteiger partial charge >= 0.3 is 65.1 Å². The number of carbonyl (C=O) groups is 1. The van der Waals surface area contributed by atoms with Gasteiger partial charge in [-0.2, -0.15) is 4.98 Å². The van der Waals surface area contributed by atoms with Crippen molar-refractivity contribution in [2.24, 2.45) is 0 Å². The standard InChI is InChI=1S/C21H30N8O17P2.2Na/c1-2-41-19(36)7-3-28(27-26-7)4-8-11(30)13(32)15(34)20(44-8)45-48(39,40)46-47(37,38)42-5-9-12(31)14(33)18(43-9)29-6-23-10-16(29)24-21(22)25-17(10)35;;/h3,6,8-9,11-15,18,20,30-34H,2,4-5H2,1H3,(H,37,38)(H,39,40)(H3,22,24,25,35);;/q;2*+1/p-2/t8-,9+,11+,12+,13+,14+,15-,18+,20+;;/m0../s1. The van der Waals surface area contributed by atoms with Crippen LogP contribution in [0.3, 0.4) is 0 Å². The second-order valence-electron chi connectivity index (χ2n) is 10.3. The Hall–Kier alpha value is -1.26. The average molecular weight is 772 g/mol. The molecule has 2 fully saturated rings. The molecule has 0 aromatic carbocycles. The van der Waals surface area contributed by atoms with E-state index in [2.05, 4.69) is 38.6 Å². The van der Waals surface area contributed by atoms with Crippen LogP contribution in [0.1, 0.15) is 23.6 Å². The summed E-state index contributed by atoms with van der Waals surface area (Å²) < 4.78 is 55.4. The van der Waals surface area contributed by atoms with Gasteiger partial charge in [-0.25, -0.2) is 18.8 Å². The van der Waals surface area contributed by atoms with Crippen molar-refractivity contribution in [1.82, 2.24) is 34.5 Å². The first-order valence-corrected chi connectivity index (χ1v) is 16.6. The molecule has 0 spiro atoms. The number of anilines is 1. The molecule has 3 aromatic rings. The van der Waals surface area contributed by atoms with Crippen molar-refractivity contribution in [3.63, 3.8) is 0 Å². The van der Waals surface area contributed by atoms with Gasteiger partial charge in [-0.15, -0.1) is 5.10 Å². The zero-order valence-corrected chi connectivity index (χ0v) is 32.1. The van der Waals surface area contributed by atoms with Crippen molar-refractivity contribution < 1.29 is 136 Å². The predicted octanol–water partition coefficient (Wildman–Crippen LogP) is -11.4. The van der Waals surface area contributed by atoms with Gasteiger partial charge in [0.25, 0.3) is 21.2 Å². The molecule has 11 atom stereocenters. The molecule has 2 aliphatic heterocycles. The van der Waals surface area contributed by atoms with Gasteiger partial charge in [-0.05, 0) is 6.92 Å². The number of rotatable bonds is 12. The number of esters is 1. The molecule has 2 aliphatic rings. The number of aliphatic hydroxyl groups is 5. The molecule has 5 heterocycles. The maximum Gasteiger partial charge on any atom is 1.00 e. The number of ether oxygens (including phenoxy) is 3. The Morgan fingerprint density at radius 1 is 1.04 bits per heavy atom. The Morgan fingerprint density at radius 2 is 1.72 bits per heavy atom. The molecule has 29 heteroatoms. The van der Waals surface area contributed by atoms with E-state index in [1.165, 1.54) is 0 Å². The van der Waals surface area contributed by atoms with Crippen LogP contribution in [0.5, 0.6) is 0 Å². The first-order chi connectivity index (χ1) is 22.5. The summed E-state index contributed by atoms with van der Waals surface area (Å²) in [6, 6.07) is 0. The smallest absolute Gasteiger partial charge is 0.756 e. The molecule has 266 valence electrons. The molecule has 25 nitrogen and oxygen atoms in total. The van der Waals surface area contributed by atoms with E-state index in [0.29, 0.717) is 0 Å². The number of nitrogens with one attached hydrogen (secondary N) is 1. The van der Waals surface area contributed by atoms with E-state index in [1.54, 1.807) is 6.92 Å². The number of fused-ring (bicyclic) bond motifs is 1. The van der Waals surface area contributed by atoms with Crippen molar-refractivity contribution >= 4 is 38.7 Å². The quantitative estimate of drug-likeness (QED) is 0.0510. The van der Waals surface area contributed by atoms with E-state index in [0.717, 1.165) is 21.8 Å². The monoisotopic (exact) mass is 772 g/mol. The Morgan fingerprint density at radius 3 is 2.40 bits per heavy atom. The molecule has 2 unspecified atom stereocenters. The summed E-state index contributed by atoms with van der Waals surface area (Å²) >= 11 is 0. The van der Waals surface area contributed by atoms with Gasteiger partial charge < -0.3 is 59.8 Å². The number of imidazole rings is 1. The molecule has 0 saturated carbocycles. The third-order valence-electron chi connectivity index (χ3n) is 6.95. The summed E-state index contributed by atoms with van der Waals surface area (Å²) in [5.74, 6) is -1.13. The van der Waals surface area contributed by atoms with Crippen molar-refractivity contribution in [2.75, 3.05) is 18.9 Å². The SMILES string of the molecule is CCOC(=O)c1cn(C[C@@H]2O[C@H](OP(=O)([O-])OP(=O)([O-])OC[C@H]3O[C@@H](n4cnc5c(=O)[nH]c(N)nc54)[C@H](O)[C@@H]3O)[C@@H](O)[C@H](O)[C@@H]2O)nn1.[Na+].[Na+]. The van der Waals surface area contributed by atoms with Crippen LogP contribution in [-0.2, 0) is 43.2 Å². The minimum absolute atomic E-state index is 0. The van der Waals surface area contributed by atoms with Crippen LogP contribution in [-0.4, -0.2) is 128 Å². The molecular weight excluding hydrogens is 744 g/mol. The number of nitrogens with zero attached hydrogens (tertiary/aromatic N) is 6. The van der Waals surface area contributed by atoms with E-state index in [-0.39, 0.29) is 88.5 Å². The number of aromatic nitrogens is 7. The maximum atomic E-state index is 12.5. The summed E-state index contributed by atoms with van der Waals surface area (Å²) in [5, 5.41) is 58.9. The molecular formula is C21H28N8Na2O17P2. The fraction of sp³-hybridized carbons (Fsp3) is 0.619. The minimum atomic E-state index is -6.01. The average Bonchev–Trinajstić information content (AvgIpc) is 3.71. The minimum Gasteiger partial charge on any atom is -0.756 e. The first-order valence-electron chi connectivity index (χ1n) is 13.7. The molecule has 50 heavy (non-hydrogen) atoms. The van der Waals surface area contributed by atoms with E-state index in [1.807, 2.05) is 0 Å². The van der Waals surface area contributed by atoms with Gasteiger partial charge in [-0.1, -0.05) is 5.21 Å². The van der Waals surface area contributed by atoms with E-state index >= 15 is 0 Å². The van der Waals surface area contributed by atoms with Gasteiger partial charge in [0.1, 0.15) is 42.7 Å². The zero-order chi connectivity index (χ0) is 35.1. The van der Waals surface area contributed by atoms with Gasteiger partial charge in [0.05, 0.1) is 32.3 Å². The van der Waals surface area contributed by atoms with Crippen LogP contribution >= 0.6 is 15.6 Å². The van der Waals surface area contributed by atoms with E-state index in [9.17, 15) is 54.0 Å². The Bertz CT molecular complexity index is 1800. The molecule has 3 aromatic heterocycles. The Kier molecular flexibility index (Phi) is 14.9. The number of phosphoric acid groups is 2. The van der Waals surface area contributed by atoms with Crippen LogP contribution in [0, 0.1) is 0 Å². The number of carbonyl (C=O) groups excluding carboxylic acids is 1. The second kappa shape index (κ2) is 17.3. The second-order valence-corrected chi connectivity index (χ2v) is 13.2. The molecule has 0 radical (unpaired) electrons. The number of hydrogen-bond donors (Lipinski definition) is 7. The van der Waals surface area contributed by atoms with Crippen molar-refractivity contribution in [2.45, 2.75) is 68.7 Å². The summed E-state index contributed by atoms with van der Waals surface area (Å²) in [6.07, 6.45) is -14.6. The van der Waals surface area contributed by atoms with Gasteiger partial charge in [0.2, 0.25) is 5.95 Å². The number of aliphatic hydroxyl groups excluding tert-OH is 5. The number of aromatic amines is 1. The van der Waals surface area contributed by atoms with Crippen molar-refractivity contribution in [3.8, 4) is 0 Å². The fourth-order valence-corrected chi connectivity index (χ4v) is 6.79. The van der Waals surface area contributed by atoms with Gasteiger partial charge in [0, 0.05) is 0 Å². The normalized spacial score (nSPS) is 30.5. The number of H-pyrrole nitrogens is 1. The summed E-state index contributed by atoms with van der Waals surface area (Å²) in [6.45, 7) is 0.00765. The van der Waals surface area contributed by atoms with Gasteiger partial charge in [-0.3, -0.25) is 28.0 Å². The third kappa shape index (κ3) is 9.64. The Balaban J connectivity index is 0.00000338. The topological polar surface area (TPSA) is 374 Å². The molecule has 0 bridgehead atoms. The fourth-order valence-electron chi connectivity index (χ4n) is 4.71. The zero-order valence-electron chi connectivity index (χ0n) is 26.3. The number of phosphoric ester groups is 2. The molecule has 0 amide bonds. The summed E-state index contributed by atoms with van der Waals surface area (Å²) in [5.41, 5.74) is 4.25. The molecule has 0 aliphatic carbocycles. The van der Waals surface area contributed by atoms with Crippen LogP contribution in [0.15, 0.2) is 17.3 Å². The van der Waals surface area contributed by atoms with Crippen LogP contribution < -0.4 is 80.2 Å². The predicted molar refractivity (Wildman–Crippen MR) is 144 cm³/mol. The number of hydrogen-bond acceptors (Lipinski definition) is 22. The molecule has 5 rings (SSSR count). The van der Waals surface area contributed by atoms with E-state index in [4.69, 9.17) is 19.9 Å². The number of nitrogen functional groups attached to an aromatic ring is 1. The largest absolute Gasteiger partial charge is 1.00 e. The van der Waals surface area contributed by atoms with Crippen molar-refractivity contribution in [3.05, 3.63) is 28.6 Å². The Labute approximate surface area is 323 Å². The first kappa shape index (κ1) is 43.1. The molecule has 2 saturated heterocycles. The third-order valence-corrected chi connectivity index (χ3v) is 9.48. The summed E-state index contributed by atoms with van der Waals surface area (Å²) in [7, 11) is -11.9. The summed E-state index contributed by atoms with van der Waals surface area (Å²) in [4.78, 5) is 58.7. The van der Waals surface area contributed by atoms with Crippen LogP contribution in [0.25, 0.3) is 11.2 Å². The van der Waals surface area contributed by atoms with Crippen LogP contribution in [0.4, 0.5) is 5.95 Å². The number of nitrogens with two attached hydrogens (primary N) is 1. The van der Waals surface area contributed by atoms with Crippen molar-refractivity contribution in [1.29, 1.82) is 0 Å². The van der Waals surface area contributed by atoms with E-state index < -0.39 is 95.6 Å². The van der Waals surface area contributed by atoms with Gasteiger partial charge in [0.15, 0.2) is 29.4 Å². The maximum absolute atomic E-state index is 12.5. The molecule has 8 N–H and O–H groups in total.